The van der Waals surface area contributed by atoms with Crippen LogP contribution in [0.4, 0.5) is 11.4 Å². The van der Waals surface area contributed by atoms with E-state index in [2.05, 4.69) is 16.3 Å². The summed E-state index contributed by atoms with van der Waals surface area (Å²) < 4.78 is 5.33. The van der Waals surface area contributed by atoms with Crippen molar-refractivity contribution in [2.45, 2.75) is 12.8 Å². The van der Waals surface area contributed by atoms with E-state index in [0.717, 1.165) is 44.1 Å². The van der Waals surface area contributed by atoms with Gasteiger partial charge in [0.1, 0.15) is 0 Å². The molecule has 3 rings (SSSR count). The van der Waals surface area contributed by atoms with Crippen molar-refractivity contribution >= 4 is 17.3 Å². The number of nitrogens with zero attached hydrogens (tertiary/aromatic N) is 1. The standard InChI is InChI=1S/C13H15N2O2/c16-13-4-2-10-1-3-11(9-12(10)14-13)15-5-7-17-8-6-15/h1,9H,2,4-8H2,(H,14,16). The van der Waals surface area contributed by atoms with E-state index < -0.39 is 0 Å². The smallest absolute Gasteiger partial charge is 0.224 e. The van der Waals surface area contributed by atoms with Crippen molar-refractivity contribution in [3.05, 3.63) is 23.8 Å². The lowest BCUT2D eigenvalue weighted by Gasteiger charge is -2.29. The minimum atomic E-state index is 0.108. The normalized spacial score (nSPS) is 19.8. The number of rotatable bonds is 1. The van der Waals surface area contributed by atoms with Gasteiger partial charge in [-0.05, 0) is 24.1 Å². The van der Waals surface area contributed by atoms with Crippen LogP contribution in [0.15, 0.2) is 12.1 Å². The summed E-state index contributed by atoms with van der Waals surface area (Å²) in [7, 11) is 0. The summed E-state index contributed by atoms with van der Waals surface area (Å²) in [5, 5.41) is 2.92. The van der Waals surface area contributed by atoms with Crippen LogP contribution in [0, 0.1) is 6.07 Å². The molecule has 4 heteroatoms. The maximum atomic E-state index is 11.4. The van der Waals surface area contributed by atoms with Crippen molar-refractivity contribution in [2.24, 2.45) is 0 Å². The number of amides is 1. The largest absolute Gasteiger partial charge is 0.378 e. The Kier molecular flexibility index (Phi) is 2.73. The molecule has 2 aliphatic heterocycles. The molecule has 1 aromatic carbocycles. The van der Waals surface area contributed by atoms with Gasteiger partial charge in [0.15, 0.2) is 0 Å². The number of carbonyl (C=O) groups excluding carboxylic acids is 1. The monoisotopic (exact) mass is 231 g/mol. The fourth-order valence-electron chi connectivity index (χ4n) is 2.28. The van der Waals surface area contributed by atoms with Crippen LogP contribution in [-0.4, -0.2) is 32.2 Å². The third-order valence-electron chi connectivity index (χ3n) is 3.27. The number of morpholine rings is 1. The number of ether oxygens (including phenoxy) is 1. The van der Waals surface area contributed by atoms with E-state index in [1.807, 2.05) is 12.1 Å². The number of carbonyl (C=O) groups is 1. The second-order valence-corrected chi connectivity index (χ2v) is 4.40. The van der Waals surface area contributed by atoms with E-state index in [4.69, 9.17) is 4.74 Å². The van der Waals surface area contributed by atoms with Gasteiger partial charge in [0, 0.05) is 37.0 Å². The van der Waals surface area contributed by atoms with Crippen molar-refractivity contribution in [1.82, 2.24) is 0 Å². The van der Waals surface area contributed by atoms with Gasteiger partial charge in [-0.3, -0.25) is 4.79 Å². The minimum Gasteiger partial charge on any atom is -0.378 e. The molecule has 0 unspecified atom stereocenters. The molecule has 0 saturated carbocycles. The van der Waals surface area contributed by atoms with Gasteiger partial charge in [-0.15, -0.1) is 0 Å². The molecule has 1 aromatic rings. The Morgan fingerprint density at radius 2 is 2.12 bits per heavy atom. The van der Waals surface area contributed by atoms with Gasteiger partial charge in [0.2, 0.25) is 5.91 Å². The summed E-state index contributed by atoms with van der Waals surface area (Å²) in [6, 6.07) is 7.33. The third kappa shape index (κ3) is 2.13. The van der Waals surface area contributed by atoms with Gasteiger partial charge < -0.3 is 15.0 Å². The fraction of sp³-hybridized carbons (Fsp3) is 0.462. The van der Waals surface area contributed by atoms with Crippen molar-refractivity contribution < 1.29 is 9.53 Å². The van der Waals surface area contributed by atoms with Gasteiger partial charge in [-0.25, -0.2) is 0 Å². The fourth-order valence-corrected chi connectivity index (χ4v) is 2.28. The molecule has 0 bridgehead atoms. The summed E-state index contributed by atoms with van der Waals surface area (Å²) in [6.07, 6.45) is 1.40. The highest BCUT2D eigenvalue weighted by Crippen LogP contribution is 2.27. The van der Waals surface area contributed by atoms with E-state index in [9.17, 15) is 4.79 Å². The molecular weight excluding hydrogens is 216 g/mol. The van der Waals surface area contributed by atoms with Crippen molar-refractivity contribution in [2.75, 3.05) is 36.5 Å². The average molecular weight is 231 g/mol. The number of aryl methyl sites for hydroxylation is 1. The molecule has 17 heavy (non-hydrogen) atoms. The zero-order valence-corrected chi connectivity index (χ0v) is 9.66. The van der Waals surface area contributed by atoms with E-state index in [1.165, 1.54) is 5.56 Å². The molecule has 0 spiro atoms. The molecule has 1 N–H and O–H groups in total. The van der Waals surface area contributed by atoms with Gasteiger partial charge in [-0.2, -0.15) is 0 Å². The Morgan fingerprint density at radius 3 is 2.94 bits per heavy atom. The first-order valence-corrected chi connectivity index (χ1v) is 6.00. The van der Waals surface area contributed by atoms with Gasteiger partial charge >= 0.3 is 0 Å². The van der Waals surface area contributed by atoms with Gasteiger partial charge in [0.05, 0.1) is 13.2 Å². The molecule has 0 aromatic heterocycles. The summed E-state index contributed by atoms with van der Waals surface area (Å²) in [6.45, 7) is 3.31. The number of nitrogens with one attached hydrogen (secondary N) is 1. The molecule has 4 nitrogen and oxygen atoms in total. The summed E-state index contributed by atoms with van der Waals surface area (Å²) in [5.74, 6) is 0.108. The lowest BCUT2D eigenvalue weighted by atomic mass is 10.0. The SMILES string of the molecule is O=C1CCc2c[c]c(N3CCOCC3)cc2N1. The van der Waals surface area contributed by atoms with Gasteiger partial charge in [0.25, 0.3) is 0 Å². The van der Waals surface area contributed by atoms with E-state index in [0.29, 0.717) is 6.42 Å². The predicted octanol–water partition coefficient (Wildman–Crippen LogP) is 1.21. The van der Waals surface area contributed by atoms with Crippen LogP contribution in [0.25, 0.3) is 0 Å². The molecule has 2 aliphatic rings. The van der Waals surface area contributed by atoms with Crippen LogP contribution in [0.1, 0.15) is 12.0 Å². The third-order valence-corrected chi connectivity index (χ3v) is 3.27. The molecule has 2 heterocycles. The first kappa shape index (κ1) is 10.6. The first-order chi connectivity index (χ1) is 8.33. The number of hydrogen-bond donors (Lipinski definition) is 1. The second kappa shape index (κ2) is 4.37. The highest BCUT2D eigenvalue weighted by atomic mass is 16.5. The van der Waals surface area contributed by atoms with Crippen LogP contribution < -0.4 is 10.2 Å². The first-order valence-electron chi connectivity index (χ1n) is 6.00. The van der Waals surface area contributed by atoms with Crippen LogP contribution in [0.5, 0.6) is 0 Å². The zero-order chi connectivity index (χ0) is 11.7. The van der Waals surface area contributed by atoms with E-state index >= 15 is 0 Å². The Balaban J connectivity index is 1.86. The van der Waals surface area contributed by atoms with Crippen LogP contribution in [0.2, 0.25) is 0 Å². The molecule has 0 atom stereocenters. The van der Waals surface area contributed by atoms with Crippen LogP contribution in [0.3, 0.4) is 0 Å². The average Bonchev–Trinajstić information content (AvgIpc) is 2.39. The summed E-state index contributed by atoms with van der Waals surface area (Å²) in [5.41, 5.74) is 3.18. The number of fused-ring (bicyclic) bond motifs is 1. The molecule has 1 saturated heterocycles. The predicted molar refractivity (Wildman–Crippen MR) is 65.3 cm³/mol. The zero-order valence-electron chi connectivity index (χ0n) is 9.66. The van der Waals surface area contributed by atoms with Crippen molar-refractivity contribution in [1.29, 1.82) is 0 Å². The quantitative estimate of drug-likeness (QED) is 0.790. The van der Waals surface area contributed by atoms with E-state index in [1.54, 1.807) is 0 Å². The molecule has 1 radical (unpaired) electrons. The van der Waals surface area contributed by atoms with Crippen molar-refractivity contribution in [3.8, 4) is 0 Å². The Morgan fingerprint density at radius 1 is 1.29 bits per heavy atom. The van der Waals surface area contributed by atoms with Crippen LogP contribution in [-0.2, 0) is 16.0 Å². The lowest BCUT2D eigenvalue weighted by Crippen LogP contribution is -2.36. The number of hydrogen-bond acceptors (Lipinski definition) is 3. The summed E-state index contributed by atoms with van der Waals surface area (Å²) in [4.78, 5) is 13.6. The van der Waals surface area contributed by atoms with Gasteiger partial charge in [-0.1, -0.05) is 0 Å². The number of anilines is 2. The lowest BCUT2D eigenvalue weighted by molar-refractivity contribution is -0.116. The second-order valence-electron chi connectivity index (χ2n) is 4.40. The Hall–Kier alpha value is -1.55. The Bertz CT molecular complexity index is 439. The number of benzene rings is 1. The molecule has 1 fully saturated rings. The minimum absolute atomic E-state index is 0.108. The molecular formula is C13H15N2O2. The van der Waals surface area contributed by atoms with E-state index in [-0.39, 0.29) is 5.91 Å². The van der Waals surface area contributed by atoms with Crippen LogP contribution >= 0.6 is 0 Å². The maximum Gasteiger partial charge on any atom is 0.224 e. The van der Waals surface area contributed by atoms with Crippen molar-refractivity contribution in [3.63, 3.8) is 0 Å². The Labute approximate surface area is 101 Å². The topological polar surface area (TPSA) is 41.6 Å². The highest BCUT2D eigenvalue weighted by Gasteiger charge is 2.17. The maximum absolute atomic E-state index is 11.4. The molecule has 0 aliphatic carbocycles. The highest BCUT2D eigenvalue weighted by molar-refractivity contribution is 5.94. The molecule has 1 amide bonds. The summed E-state index contributed by atoms with van der Waals surface area (Å²) >= 11 is 0. The molecule has 89 valence electrons.